The van der Waals surface area contributed by atoms with Gasteiger partial charge in [0.25, 0.3) is 0 Å². The Morgan fingerprint density at radius 3 is 1.23 bits per heavy atom. The summed E-state index contributed by atoms with van der Waals surface area (Å²) in [6, 6.07) is 0. The molecule has 0 aromatic carbocycles. The fourth-order valence-corrected chi connectivity index (χ4v) is 5.76. The van der Waals surface area contributed by atoms with Crippen LogP contribution in [0.15, 0.2) is 12.3 Å². The number of hydrogen-bond acceptors (Lipinski definition) is 4. The zero-order valence-corrected chi connectivity index (χ0v) is 27.4. The number of hydrogen-bond donors (Lipinski definition) is 0. The first-order valence-corrected chi connectivity index (χ1v) is 18.4. The molecule has 0 heterocycles. The van der Waals surface area contributed by atoms with Gasteiger partial charge in [-0.05, 0) is 12.8 Å². The van der Waals surface area contributed by atoms with Gasteiger partial charge in [-0.3, -0.25) is 4.79 Å². The summed E-state index contributed by atoms with van der Waals surface area (Å²) in [5, 5.41) is 0. The minimum absolute atomic E-state index is 0.0485. The van der Waals surface area contributed by atoms with E-state index in [2.05, 4.69) is 20.4 Å². The lowest BCUT2D eigenvalue weighted by atomic mass is 10.1. The first-order valence-electron chi connectivity index (χ1n) is 17.2. The Labute approximate surface area is 249 Å². The van der Waals surface area contributed by atoms with Crippen molar-refractivity contribution >= 4 is 17.7 Å². The van der Waals surface area contributed by atoms with E-state index in [-0.39, 0.29) is 5.97 Å². The molecule has 0 aromatic rings. The molecule has 0 spiro atoms. The molecule has 0 saturated heterocycles. The number of thioether (sulfide) groups is 1. The standard InChI is InChI=1S/C35H68O3S/c1-4-6-8-10-12-14-16-18-20-22-24-26-30-37-34(3)28-32-39-33-29-35(36)38-31-27-25-23-21-19-17-15-13-11-9-7-5-2/h3-33H2,1-2H3. The van der Waals surface area contributed by atoms with Crippen LogP contribution in [0.3, 0.4) is 0 Å². The summed E-state index contributed by atoms with van der Waals surface area (Å²) in [5.41, 5.74) is 0. The summed E-state index contributed by atoms with van der Waals surface area (Å²) in [5.74, 6) is 2.62. The van der Waals surface area contributed by atoms with E-state index in [0.717, 1.165) is 43.1 Å². The van der Waals surface area contributed by atoms with E-state index in [9.17, 15) is 4.79 Å². The van der Waals surface area contributed by atoms with Crippen molar-refractivity contribution in [2.24, 2.45) is 0 Å². The van der Waals surface area contributed by atoms with Crippen LogP contribution in [0.2, 0.25) is 0 Å². The molecule has 0 N–H and O–H groups in total. The molecule has 0 aliphatic rings. The molecule has 0 aliphatic heterocycles. The zero-order chi connectivity index (χ0) is 28.5. The highest BCUT2D eigenvalue weighted by Crippen LogP contribution is 2.15. The normalized spacial score (nSPS) is 11.1. The number of esters is 1. The van der Waals surface area contributed by atoms with Crippen LogP contribution in [0, 0.1) is 0 Å². The summed E-state index contributed by atoms with van der Waals surface area (Å²) >= 11 is 1.79. The second-order valence-electron chi connectivity index (χ2n) is 11.5. The van der Waals surface area contributed by atoms with Gasteiger partial charge < -0.3 is 9.47 Å². The van der Waals surface area contributed by atoms with E-state index in [4.69, 9.17) is 9.47 Å². The van der Waals surface area contributed by atoms with Gasteiger partial charge in [-0.2, -0.15) is 11.8 Å². The minimum Gasteiger partial charge on any atom is -0.499 e. The van der Waals surface area contributed by atoms with Crippen molar-refractivity contribution in [2.45, 2.75) is 181 Å². The number of ether oxygens (including phenoxy) is 2. The van der Waals surface area contributed by atoms with Crippen LogP contribution < -0.4 is 0 Å². The maximum Gasteiger partial charge on any atom is 0.306 e. The smallest absolute Gasteiger partial charge is 0.306 e. The van der Waals surface area contributed by atoms with Gasteiger partial charge in [0.05, 0.1) is 25.4 Å². The third-order valence-corrected chi connectivity index (χ3v) is 8.53. The van der Waals surface area contributed by atoms with Gasteiger partial charge in [-0.1, -0.05) is 162 Å². The number of carbonyl (C=O) groups is 1. The second kappa shape index (κ2) is 33.6. The van der Waals surface area contributed by atoms with E-state index in [1.54, 1.807) is 11.8 Å². The Morgan fingerprint density at radius 1 is 0.487 bits per heavy atom. The average molecular weight is 569 g/mol. The van der Waals surface area contributed by atoms with Crippen LogP contribution in [0.4, 0.5) is 0 Å². The minimum atomic E-state index is -0.0485. The topological polar surface area (TPSA) is 35.5 Å². The van der Waals surface area contributed by atoms with Crippen LogP contribution in [-0.4, -0.2) is 30.7 Å². The van der Waals surface area contributed by atoms with Gasteiger partial charge in [0.1, 0.15) is 0 Å². The molecular formula is C35H68O3S. The van der Waals surface area contributed by atoms with Crippen LogP contribution in [0.1, 0.15) is 181 Å². The number of allylic oxidation sites excluding steroid dienone is 1. The molecule has 0 aliphatic carbocycles. The fraction of sp³-hybridized carbons (Fsp3) is 0.914. The van der Waals surface area contributed by atoms with Gasteiger partial charge >= 0.3 is 5.97 Å². The maximum atomic E-state index is 11.9. The van der Waals surface area contributed by atoms with E-state index in [1.165, 1.54) is 141 Å². The maximum absolute atomic E-state index is 11.9. The van der Waals surface area contributed by atoms with Crippen LogP contribution in [-0.2, 0) is 14.3 Å². The lowest BCUT2D eigenvalue weighted by Gasteiger charge is -2.09. The Balaban J connectivity index is 3.26. The average Bonchev–Trinajstić information content (AvgIpc) is 2.93. The molecule has 232 valence electrons. The third-order valence-electron chi connectivity index (χ3n) is 7.54. The highest BCUT2D eigenvalue weighted by molar-refractivity contribution is 7.99. The molecule has 0 fully saturated rings. The molecule has 0 radical (unpaired) electrons. The molecule has 3 nitrogen and oxygen atoms in total. The quantitative estimate of drug-likeness (QED) is 0.0448. The largest absolute Gasteiger partial charge is 0.499 e. The first-order chi connectivity index (χ1) is 19.2. The molecule has 39 heavy (non-hydrogen) atoms. The number of rotatable bonds is 33. The van der Waals surface area contributed by atoms with Gasteiger partial charge in [0, 0.05) is 17.9 Å². The van der Waals surface area contributed by atoms with Crippen LogP contribution in [0.25, 0.3) is 0 Å². The molecular weight excluding hydrogens is 500 g/mol. The fourth-order valence-electron chi connectivity index (χ4n) is 4.88. The zero-order valence-electron chi connectivity index (χ0n) is 26.6. The molecule has 0 unspecified atom stereocenters. The first kappa shape index (κ1) is 38.4. The van der Waals surface area contributed by atoms with Crippen molar-refractivity contribution in [1.82, 2.24) is 0 Å². The second-order valence-corrected chi connectivity index (χ2v) is 12.7. The summed E-state index contributed by atoms with van der Waals surface area (Å²) < 4.78 is 11.2. The Kier molecular flexibility index (Phi) is 33.0. The van der Waals surface area contributed by atoms with Crippen molar-refractivity contribution in [1.29, 1.82) is 0 Å². The van der Waals surface area contributed by atoms with Crippen molar-refractivity contribution in [3.8, 4) is 0 Å². The lowest BCUT2D eigenvalue weighted by Crippen LogP contribution is -2.07. The van der Waals surface area contributed by atoms with Gasteiger partial charge in [0.2, 0.25) is 0 Å². The van der Waals surface area contributed by atoms with Gasteiger partial charge in [0.15, 0.2) is 0 Å². The lowest BCUT2D eigenvalue weighted by molar-refractivity contribution is -0.143. The van der Waals surface area contributed by atoms with Crippen molar-refractivity contribution in [3.05, 3.63) is 12.3 Å². The molecule has 4 heteroatoms. The molecule has 0 rings (SSSR count). The van der Waals surface area contributed by atoms with Crippen LogP contribution in [0.5, 0.6) is 0 Å². The molecule has 0 saturated carbocycles. The SMILES string of the molecule is C=C(CCSCCC(=O)OCCCCCCCCCCCCCC)OCCCCCCCCCCCCCC. The van der Waals surface area contributed by atoms with Crippen molar-refractivity contribution in [2.75, 3.05) is 24.7 Å². The van der Waals surface area contributed by atoms with Gasteiger partial charge in [-0.15, -0.1) is 0 Å². The Bertz CT molecular complexity index is 464. The Morgan fingerprint density at radius 2 is 0.821 bits per heavy atom. The predicted octanol–water partition coefficient (Wildman–Crippen LogP) is 12.0. The van der Waals surface area contributed by atoms with Gasteiger partial charge in [-0.25, -0.2) is 0 Å². The van der Waals surface area contributed by atoms with Crippen LogP contribution >= 0.6 is 11.8 Å². The number of carbonyl (C=O) groups excluding carboxylic acids is 1. The summed E-state index contributed by atoms with van der Waals surface area (Å²) in [4.78, 5) is 11.9. The summed E-state index contributed by atoms with van der Waals surface area (Å²) in [7, 11) is 0. The highest BCUT2D eigenvalue weighted by Gasteiger charge is 2.04. The summed E-state index contributed by atoms with van der Waals surface area (Å²) in [6.07, 6.45) is 33.7. The molecule has 0 atom stereocenters. The number of unbranched alkanes of at least 4 members (excludes halogenated alkanes) is 22. The van der Waals surface area contributed by atoms with Crippen molar-refractivity contribution in [3.63, 3.8) is 0 Å². The molecule has 0 aromatic heterocycles. The van der Waals surface area contributed by atoms with E-state index >= 15 is 0 Å². The third kappa shape index (κ3) is 33.5. The monoisotopic (exact) mass is 568 g/mol. The van der Waals surface area contributed by atoms with E-state index in [0.29, 0.717) is 13.0 Å². The summed E-state index contributed by atoms with van der Waals surface area (Å²) in [6.45, 7) is 10.00. The van der Waals surface area contributed by atoms with Crippen molar-refractivity contribution < 1.29 is 14.3 Å². The molecule has 0 bridgehead atoms. The highest BCUT2D eigenvalue weighted by atomic mass is 32.2. The van der Waals surface area contributed by atoms with E-state index < -0.39 is 0 Å². The predicted molar refractivity (Wildman–Crippen MR) is 175 cm³/mol. The Hall–Kier alpha value is -0.640. The molecule has 0 amide bonds. The van der Waals surface area contributed by atoms with E-state index in [1.807, 2.05) is 0 Å².